The standard InChI is InChI=1S/C35H42F2N2O4/c1-34(2,3)24-14-16-27(43-7)23(19-24)20-38-30-29(35(4,5)6)32(33(41)42)39(31(30)22-11-9-8-10-12-22)28(40)18-21-13-15-25(36)26(37)17-21/h8-17,19,29-32,38H,18,20H2,1-7H3,(H,41,42)/t29-,30-,31-,32-/m0/s1. The number of likely N-dealkylation sites (tertiary alicyclic amines) is 1. The van der Waals surface area contributed by atoms with Gasteiger partial charge in [0.1, 0.15) is 11.8 Å². The second kappa shape index (κ2) is 12.4. The van der Waals surface area contributed by atoms with Crippen LogP contribution in [0, 0.1) is 23.0 Å². The summed E-state index contributed by atoms with van der Waals surface area (Å²) in [5, 5.41) is 14.3. The second-order valence-corrected chi connectivity index (χ2v) is 13.4. The number of benzene rings is 3. The fourth-order valence-corrected chi connectivity index (χ4v) is 6.29. The van der Waals surface area contributed by atoms with Crippen molar-refractivity contribution in [3.8, 4) is 5.75 Å². The van der Waals surface area contributed by atoms with Gasteiger partial charge >= 0.3 is 5.97 Å². The number of carboxylic acids is 1. The van der Waals surface area contributed by atoms with Gasteiger partial charge in [-0.25, -0.2) is 13.6 Å². The Labute approximate surface area is 253 Å². The average Bonchev–Trinajstić information content (AvgIpc) is 3.30. The number of carbonyl (C=O) groups excluding carboxylic acids is 1. The zero-order valence-electron chi connectivity index (χ0n) is 25.9. The first-order valence-electron chi connectivity index (χ1n) is 14.6. The van der Waals surface area contributed by atoms with Gasteiger partial charge in [0.05, 0.1) is 19.6 Å². The molecule has 0 aliphatic carbocycles. The Morgan fingerprint density at radius 3 is 2.16 bits per heavy atom. The van der Waals surface area contributed by atoms with Crippen molar-refractivity contribution in [3.63, 3.8) is 0 Å². The molecule has 4 rings (SSSR count). The summed E-state index contributed by atoms with van der Waals surface area (Å²) in [6.07, 6.45) is -0.269. The summed E-state index contributed by atoms with van der Waals surface area (Å²) in [4.78, 5) is 28.5. The maximum absolute atomic E-state index is 14.1. The Bertz CT molecular complexity index is 1460. The van der Waals surface area contributed by atoms with Crippen molar-refractivity contribution in [2.45, 2.75) is 78.0 Å². The van der Waals surface area contributed by atoms with Crippen molar-refractivity contribution in [1.29, 1.82) is 0 Å². The van der Waals surface area contributed by atoms with Crippen LogP contribution in [0.3, 0.4) is 0 Å². The van der Waals surface area contributed by atoms with Crippen LogP contribution in [0.2, 0.25) is 0 Å². The third-order valence-electron chi connectivity index (χ3n) is 8.36. The van der Waals surface area contributed by atoms with Crippen molar-refractivity contribution < 1.29 is 28.2 Å². The van der Waals surface area contributed by atoms with Gasteiger partial charge in [0.2, 0.25) is 5.91 Å². The number of nitrogens with zero attached hydrogens (tertiary/aromatic N) is 1. The molecule has 0 aromatic heterocycles. The zero-order valence-corrected chi connectivity index (χ0v) is 25.9. The monoisotopic (exact) mass is 592 g/mol. The molecule has 8 heteroatoms. The number of halogens is 2. The molecule has 230 valence electrons. The second-order valence-electron chi connectivity index (χ2n) is 13.4. The fraction of sp³-hybridized carbons (Fsp3) is 0.429. The summed E-state index contributed by atoms with van der Waals surface area (Å²) in [5.74, 6) is -3.44. The van der Waals surface area contributed by atoms with Crippen LogP contribution in [0.4, 0.5) is 8.78 Å². The molecule has 4 atom stereocenters. The molecule has 1 saturated heterocycles. The molecule has 1 amide bonds. The fourth-order valence-electron chi connectivity index (χ4n) is 6.29. The Balaban J connectivity index is 1.81. The van der Waals surface area contributed by atoms with Crippen molar-refractivity contribution in [2.24, 2.45) is 11.3 Å². The van der Waals surface area contributed by atoms with Crippen LogP contribution in [0.15, 0.2) is 66.7 Å². The molecule has 3 aromatic rings. The molecule has 0 unspecified atom stereocenters. The first kappa shape index (κ1) is 32.1. The number of hydrogen-bond donors (Lipinski definition) is 2. The van der Waals surface area contributed by atoms with Gasteiger partial charge in [0, 0.05) is 24.1 Å². The van der Waals surface area contributed by atoms with Crippen LogP contribution in [-0.2, 0) is 28.0 Å². The van der Waals surface area contributed by atoms with Gasteiger partial charge in [-0.15, -0.1) is 0 Å². The van der Waals surface area contributed by atoms with Crippen LogP contribution in [0.25, 0.3) is 0 Å². The molecule has 0 bridgehead atoms. The number of ether oxygens (including phenoxy) is 1. The molecule has 1 aliphatic heterocycles. The maximum atomic E-state index is 14.1. The lowest BCUT2D eigenvalue weighted by molar-refractivity contribution is -0.152. The van der Waals surface area contributed by atoms with E-state index in [0.717, 1.165) is 28.8 Å². The van der Waals surface area contributed by atoms with E-state index < -0.39 is 53.0 Å². The number of amides is 1. The smallest absolute Gasteiger partial charge is 0.326 e. The van der Waals surface area contributed by atoms with E-state index in [1.165, 1.54) is 11.0 Å². The quantitative estimate of drug-likeness (QED) is 0.306. The van der Waals surface area contributed by atoms with E-state index in [1.807, 2.05) is 63.2 Å². The van der Waals surface area contributed by atoms with Crippen LogP contribution in [-0.4, -0.2) is 41.1 Å². The van der Waals surface area contributed by atoms with E-state index in [9.17, 15) is 23.5 Å². The predicted molar refractivity (Wildman–Crippen MR) is 163 cm³/mol. The lowest BCUT2D eigenvalue weighted by atomic mass is 9.72. The molecule has 43 heavy (non-hydrogen) atoms. The number of aliphatic carboxylic acids is 1. The number of hydrogen-bond acceptors (Lipinski definition) is 4. The number of nitrogens with one attached hydrogen (secondary N) is 1. The van der Waals surface area contributed by atoms with Gasteiger partial charge in [-0.3, -0.25) is 4.79 Å². The third-order valence-corrected chi connectivity index (χ3v) is 8.36. The Hall–Kier alpha value is -3.78. The van der Waals surface area contributed by atoms with E-state index in [2.05, 4.69) is 32.2 Å². The minimum atomic E-state index is -1.16. The van der Waals surface area contributed by atoms with Crippen LogP contribution in [0.5, 0.6) is 5.75 Å². The van der Waals surface area contributed by atoms with Crippen LogP contribution >= 0.6 is 0 Å². The molecular formula is C35H42F2N2O4. The Morgan fingerprint density at radius 2 is 1.60 bits per heavy atom. The topological polar surface area (TPSA) is 78.9 Å². The zero-order chi connectivity index (χ0) is 31.7. The summed E-state index contributed by atoms with van der Waals surface area (Å²) in [6.45, 7) is 12.7. The molecule has 6 nitrogen and oxygen atoms in total. The van der Waals surface area contributed by atoms with Gasteiger partial charge in [0.15, 0.2) is 11.6 Å². The molecule has 0 spiro atoms. The minimum Gasteiger partial charge on any atom is -0.496 e. The predicted octanol–water partition coefficient (Wildman–Crippen LogP) is 6.67. The summed E-state index contributed by atoms with van der Waals surface area (Å²) in [5.41, 5.74) is 2.50. The first-order valence-corrected chi connectivity index (χ1v) is 14.6. The molecule has 0 radical (unpaired) electrons. The molecular weight excluding hydrogens is 550 g/mol. The van der Waals surface area contributed by atoms with Crippen molar-refractivity contribution >= 4 is 11.9 Å². The first-order chi connectivity index (χ1) is 20.1. The summed E-state index contributed by atoms with van der Waals surface area (Å²) in [6, 6.07) is 16.5. The lowest BCUT2D eigenvalue weighted by Gasteiger charge is -2.35. The highest BCUT2D eigenvalue weighted by atomic mass is 19.2. The van der Waals surface area contributed by atoms with Gasteiger partial charge in [-0.1, -0.05) is 90.1 Å². The normalized spacial score (nSPS) is 20.7. The summed E-state index contributed by atoms with van der Waals surface area (Å²) >= 11 is 0. The highest BCUT2D eigenvalue weighted by molar-refractivity contribution is 5.87. The molecule has 2 N–H and O–H groups in total. The lowest BCUT2D eigenvalue weighted by Crippen LogP contribution is -2.48. The third kappa shape index (κ3) is 6.90. The van der Waals surface area contributed by atoms with Crippen molar-refractivity contribution in [1.82, 2.24) is 10.2 Å². The molecule has 0 saturated carbocycles. The van der Waals surface area contributed by atoms with Crippen molar-refractivity contribution in [2.75, 3.05) is 7.11 Å². The molecule has 1 heterocycles. The number of carbonyl (C=O) groups is 2. The average molecular weight is 593 g/mol. The highest BCUT2D eigenvalue weighted by Gasteiger charge is 2.57. The van der Waals surface area contributed by atoms with Crippen molar-refractivity contribution in [3.05, 3.63) is 101 Å². The number of methoxy groups -OCH3 is 1. The SMILES string of the molecule is COc1ccc(C(C)(C)C)cc1CN[C@H]1[C@H](C(C)(C)C)[C@@H](C(=O)O)N(C(=O)Cc2ccc(F)c(F)c2)[C@H]1c1ccccc1. The van der Waals surface area contributed by atoms with Crippen LogP contribution < -0.4 is 10.1 Å². The van der Waals surface area contributed by atoms with E-state index in [1.54, 1.807) is 7.11 Å². The Morgan fingerprint density at radius 1 is 0.930 bits per heavy atom. The maximum Gasteiger partial charge on any atom is 0.326 e. The van der Waals surface area contributed by atoms with Gasteiger partial charge in [-0.05, 0) is 45.7 Å². The van der Waals surface area contributed by atoms with E-state index in [4.69, 9.17) is 4.74 Å². The van der Waals surface area contributed by atoms with E-state index in [0.29, 0.717) is 12.3 Å². The Kier molecular flexibility index (Phi) is 9.30. The van der Waals surface area contributed by atoms with E-state index in [-0.39, 0.29) is 17.4 Å². The van der Waals surface area contributed by atoms with Crippen LogP contribution in [0.1, 0.15) is 69.8 Å². The molecule has 1 fully saturated rings. The highest BCUT2D eigenvalue weighted by Crippen LogP contribution is 2.48. The van der Waals surface area contributed by atoms with Gasteiger partial charge < -0.3 is 20.1 Å². The number of rotatable bonds is 8. The molecule has 1 aliphatic rings. The summed E-state index contributed by atoms with van der Waals surface area (Å²) in [7, 11) is 1.62. The number of carboxylic acid groups (broad SMARTS) is 1. The van der Waals surface area contributed by atoms with Gasteiger partial charge in [-0.2, -0.15) is 0 Å². The largest absolute Gasteiger partial charge is 0.496 e. The summed E-state index contributed by atoms with van der Waals surface area (Å²) < 4.78 is 33.4. The minimum absolute atomic E-state index is 0.0909. The molecule has 3 aromatic carbocycles. The van der Waals surface area contributed by atoms with Gasteiger partial charge in [0.25, 0.3) is 0 Å². The van der Waals surface area contributed by atoms with E-state index >= 15 is 0 Å².